The normalized spacial score (nSPS) is 10.1. The smallest absolute Gasteiger partial charge is 0.350 e. The number of benzene rings is 1. The fourth-order valence-electron chi connectivity index (χ4n) is 1.62. The molecule has 0 bridgehead atoms. The van der Waals surface area contributed by atoms with Crippen molar-refractivity contribution in [3.8, 4) is 0 Å². The third-order valence-electron chi connectivity index (χ3n) is 2.56. The molecule has 1 aromatic carbocycles. The van der Waals surface area contributed by atoms with Gasteiger partial charge < -0.3 is 15.8 Å². The first-order valence-electron chi connectivity index (χ1n) is 5.55. The number of carbonyl (C=O) groups excluding carboxylic acids is 2. The Morgan fingerprint density at radius 1 is 1.35 bits per heavy atom. The fourth-order valence-corrected chi connectivity index (χ4v) is 2.66. The topological polar surface area (TPSA) is 81.4 Å². The average Bonchev–Trinajstić information content (AvgIpc) is 2.85. The Bertz CT molecular complexity index is 649. The molecule has 1 amide bonds. The minimum Gasteiger partial charge on any atom is -0.465 e. The minimum atomic E-state index is -0.512. The number of hydrogen-bond acceptors (Lipinski definition) is 5. The molecule has 20 heavy (non-hydrogen) atoms. The Morgan fingerprint density at radius 2 is 2.10 bits per heavy atom. The molecule has 1 heterocycles. The second-order valence-electron chi connectivity index (χ2n) is 3.81. The van der Waals surface area contributed by atoms with Gasteiger partial charge in [0.15, 0.2) is 0 Å². The van der Waals surface area contributed by atoms with Gasteiger partial charge in [-0.05, 0) is 23.6 Å². The summed E-state index contributed by atoms with van der Waals surface area (Å²) in [6, 6.07) is 6.41. The zero-order valence-electron chi connectivity index (χ0n) is 10.5. The monoisotopic (exact) mass is 310 g/mol. The summed E-state index contributed by atoms with van der Waals surface area (Å²) in [5.41, 5.74) is 6.55. The number of methoxy groups -OCH3 is 1. The van der Waals surface area contributed by atoms with Crippen molar-refractivity contribution >= 4 is 46.2 Å². The van der Waals surface area contributed by atoms with Crippen molar-refractivity contribution in [2.45, 2.75) is 0 Å². The molecule has 2 aromatic rings. The maximum atomic E-state index is 12.2. The predicted molar refractivity (Wildman–Crippen MR) is 79.5 cm³/mol. The molecule has 2 rings (SSSR count). The molecule has 0 spiro atoms. The zero-order chi connectivity index (χ0) is 14.7. The fraction of sp³-hybridized carbons (Fsp3) is 0.0769. The van der Waals surface area contributed by atoms with E-state index >= 15 is 0 Å². The van der Waals surface area contributed by atoms with Gasteiger partial charge in [0.2, 0.25) is 0 Å². The third kappa shape index (κ3) is 2.76. The molecule has 5 nitrogen and oxygen atoms in total. The van der Waals surface area contributed by atoms with Crippen LogP contribution >= 0.6 is 22.9 Å². The zero-order valence-corrected chi connectivity index (χ0v) is 12.0. The van der Waals surface area contributed by atoms with Gasteiger partial charge in [-0.3, -0.25) is 4.79 Å². The molecule has 0 aliphatic carbocycles. The van der Waals surface area contributed by atoms with Crippen molar-refractivity contribution in [3.63, 3.8) is 0 Å². The molecule has 0 aliphatic rings. The van der Waals surface area contributed by atoms with Crippen molar-refractivity contribution in [2.75, 3.05) is 18.2 Å². The van der Waals surface area contributed by atoms with Crippen LogP contribution in [0.4, 0.5) is 11.4 Å². The van der Waals surface area contributed by atoms with E-state index in [-0.39, 0.29) is 16.3 Å². The van der Waals surface area contributed by atoms with Gasteiger partial charge in [0, 0.05) is 5.69 Å². The number of thiophene rings is 1. The summed E-state index contributed by atoms with van der Waals surface area (Å²) in [6.07, 6.45) is 0. The molecular formula is C13H11ClN2O3S. The van der Waals surface area contributed by atoms with Crippen molar-refractivity contribution in [1.82, 2.24) is 0 Å². The summed E-state index contributed by atoms with van der Waals surface area (Å²) in [5.74, 6) is -0.987. The van der Waals surface area contributed by atoms with Crippen molar-refractivity contribution in [3.05, 3.63) is 45.1 Å². The SMILES string of the molecule is COC(=O)c1sccc1NC(=O)c1c(N)cccc1Cl. The molecule has 104 valence electrons. The van der Waals surface area contributed by atoms with E-state index in [1.54, 1.807) is 29.6 Å². The van der Waals surface area contributed by atoms with Gasteiger partial charge in [-0.1, -0.05) is 17.7 Å². The lowest BCUT2D eigenvalue weighted by Gasteiger charge is -2.09. The molecule has 0 saturated heterocycles. The van der Waals surface area contributed by atoms with E-state index in [1.807, 2.05) is 0 Å². The highest BCUT2D eigenvalue weighted by molar-refractivity contribution is 7.12. The number of nitrogen functional groups attached to an aromatic ring is 1. The number of esters is 1. The van der Waals surface area contributed by atoms with Gasteiger partial charge in [0.1, 0.15) is 4.88 Å². The number of anilines is 2. The molecule has 0 radical (unpaired) electrons. The number of amides is 1. The number of nitrogens with one attached hydrogen (secondary N) is 1. The van der Waals surface area contributed by atoms with E-state index in [0.29, 0.717) is 10.6 Å². The molecule has 0 fully saturated rings. The van der Waals surface area contributed by atoms with E-state index in [9.17, 15) is 9.59 Å². The molecule has 0 atom stereocenters. The van der Waals surface area contributed by atoms with E-state index in [4.69, 9.17) is 17.3 Å². The Labute approximate surface area is 124 Å². The highest BCUT2D eigenvalue weighted by Gasteiger charge is 2.19. The standard InChI is InChI=1S/C13H11ClN2O3S/c1-19-13(18)11-9(5-6-20-11)16-12(17)10-7(14)3-2-4-8(10)15/h2-6H,15H2,1H3,(H,16,17). The summed E-state index contributed by atoms with van der Waals surface area (Å²) in [4.78, 5) is 24.0. The average molecular weight is 311 g/mol. The second kappa shape index (κ2) is 5.94. The lowest BCUT2D eigenvalue weighted by molar-refractivity contribution is 0.0607. The largest absolute Gasteiger partial charge is 0.465 e. The van der Waals surface area contributed by atoms with Crippen LogP contribution in [0.1, 0.15) is 20.0 Å². The van der Waals surface area contributed by atoms with Crippen LogP contribution in [0, 0.1) is 0 Å². The number of carbonyl (C=O) groups is 2. The molecular weight excluding hydrogens is 300 g/mol. The Morgan fingerprint density at radius 3 is 2.75 bits per heavy atom. The van der Waals surface area contributed by atoms with Gasteiger partial charge in [0.25, 0.3) is 5.91 Å². The maximum absolute atomic E-state index is 12.2. The van der Waals surface area contributed by atoms with Crippen molar-refractivity contribution in [1.29, 1.82) is 0 Å². The van der Waals surface area contributed by atoms with Crippen LogP contribution in [-0.2, 0) is 4.74 Å². The summed E-state index contributed by atoms with van der Waals surface area (Å²) in [6.45, 7) is 0. The molecule has 3 N–H and O–H groups in total. The highest BCUT2D eigenvalue weighted by Crippen LogP contribution is 2.27. The van der Waals surface area contributed by atoms with Crippen LogP contribution < -0.4 is 11.1 Å². The molecule has 0 aliphatic heterocycles. The summed E-state index contributed by atoms with van der Waals surface area (Å²) >= 11 is 7.14. The quantitative estimate of drug-likeness (QED) is 0.674. The van der Waals surface area contributed by atoms with Crippen LogP contribution in [0.5, 0.6) is 0 Å². The Balaban J connectivity index is 2.29. The van der Waals surface area contributed by atoms with Crippen LogP contribution in [0.3, 0.4) is 0 Å². The minimum absolute atomic E-state index is 0.177. The second-order valence-corrected chi connectivity index (χ2v) is 5.14. The third-order valence-corrected chi connectivity index (χ3v) is 3.77. The number of nitrogens with two attached hydrogens (primary N) is 1. The van der Waals surface area contributed by atoms with Crippen molar-refractivity contribution < 1.29 is 14.3 Å². The van der Waals surface area contributed by atoms with E-state index in [0.717, 1.165) is 0 Å². The van der Waals surface area contributed by atoms with Gasteiger partial charge in [0.05, 0.1) is 23.4 Å². The number of hydrogen-bond donors (Lipinski definition) is 2. The Kier molecular flexibility index (Phi) is 4.26. The van der Waals surface area contributed by atoms with Crippen LogP contribution in [0.25, 0.3) is 0 Å². The predicted octanol–water partition coefficient (Wildman–Crippen LogP) is 3.02. The first kappa shape index (κ1) is 14.4. The summed E-state index contributed by atoms with van der Waals surface area (Å²) < 4.78 is 4.64. The first-order chi connectivity index (χ1) is 9.54. The van der Waals surface area contributed by atoms with E-state index in [1.165, 1.54) is 18.4 Å². The lowest BCUT2D eigenvalue weighted by atomic mass is 10.1. The van der Waals surface area contributed by atoms with Crippen LogP contribution in [0.2, 0.25) is 5.02 Å². The summed E-state index contributed by atoms with van der Waals surface area (Å²) in [7, 11) is 1.28. The molecule has 0 unspecified atom stereocenters. The first-order valence-corrected chi connectivity index (χ1v) is 6.81. The maximum Gasteiger partial charge on any atom is 0.350 e. The van der Waals surface area contributed by atoms with E-state index < -0.39 is 11.9 Å². The molecule has 0 saturated carbocycles. The van der Waals surface area contributed by atoms with Crippen LogP contribution in [-0.4, -0.2) is 19.0 Å². The van der Waals surface area contributed by atoms with E-state index in [2.05, 4.69) is 10.1 Å². The van der Waals surface area contributed by atoms with Crippen LogP contribution in [0.15, 0.2) is 29.6 Å². The number of ether oxygens (including phenoxy) is 1. The van der Waals surface area contributed by atoms with Gasteiger partial charge in [-0.2, -0.15) is 0 Å². The van der Waals surface area contributed by atoms with Gasteiger partial charge >= 0.3 is 5.97 Å². The number of rotatable bonds is 3. The van der Waals surface area contributed by atoms with Gasteiger partial charge in [-0.15, -0.1) is 11.3 Å². The summed E-state index contributed by atoms with van der Waals surface area (Å²) in [5, 5.41) is 4.54. The molecule has 7 heteroatoms. The molecule has 1 aromatic heterocycles. The highest BCUT2D eigenvalue weighted by atomic mass is 35.5. The lowest BCUT2D eigenvalue weighted by Crippen LogP contribution is -2.16. The van der Waals surface area contributed by atoms with Gasteiger partial charge in [-0.25, -0.2) is 4.79 Å². The number of halogens is 1. The van der Waals surface area contributed by atoms with Crippen molar-refractivity contribution in [2.24, 2.45) is 0 Å². The Hall–Kier alpha value is -2.05.